The number of nitrogen functional groups attached to an aromatic ring is 1. The van der Waals surface area contributed by atoms with Crippen molar-refractivity contribution in [2.45, 2.75) is 0 Å². The molecule has 18 heavy (non-hydrogen) atoms. The van der Waals surface area contributed by atoms with E-state index >= 15 is 0 Å². The number of rotatable bonds is 2. The summed E-state index contributed by atoms with van der Waals surface area (Å²) in [5.41, 5.74) is 6.70. The van der Waals surface area contributed by atoms with Gasteiger partial charge in [-0.05, 0) is 42.5 Å². The molecule has 0 aliphatic heterocycles. The molecule has 92 valence electrons. The molecule has 3 N–H and O–H groups in total. The molecule has 2 rings (SSSR count). The monoisotopic (exact) mass is 308 g/mol. The first kappa shape index (κ1) is 12.6. The largest absolute Gasteiger partial charge is 0.397 e. The lowest BCUT2D eigenvalue weighted by molar-refractivity contribution is 0.102. The molecule has 0 bridgehead atoms. The first-order chi connectivity index (χ1) is 8.56. The SMILES string of the molecule is Nc1cc(F)ccc1NC(=O)c1ccc(Br)cc1. The van der Waals surface area contributed by atoms with Crippen molar-refractivity contribution in [2.24, 2.45) is 0 Å². The van der Waals surface area contributed by atoms with Crippen LogP contribution in [-0.2, 0) is 0 Å². The molecule has 0 aliphatic rings. The molecule has 0 heterocycles. The third-order valence-electron chi connectivity index (χ3n) is 2.37. The Kier molecular flexibility index (Phi) is 3.62. The van der Waals surface area contributed by atoms with Crippen molar-refractivity contribution < 1.29 is 9.18 Å². The van der Waals surface area contributed by atoms with Gasteiger partial charge in [-0.2, -0.15) is 0 Å². The fourth-order valence-electron chi connectivity index (χ4n) is 1.44. The number of carbonyl (C=O) groups is 1. The minimum Gasteiger partial charge on any atom is -0.397 e. The van der Waals surface area contributed by atoms with E-state index < -0.39 is 5.82 Å². The van der Waals surface area contributed by atoms with Gasteiger partial charge in [-0.3, -0.25) is 4.79 Å². The zero-order chi connectivity index (χ0) is 13.1. The standard InChI is InChI=1S/C13H10BrFN2O/c14-9-3-1-8(2-4-9)13(18)17-12-6-5-10(15)7-11(12)16/h1-7H,16H2,(H,17,18). The van der Waals surface area contributed by atoms with Crippen LogP contribution in [0.3, 0.4) is 0 Å². The molecule has 0 saturated heterocycles. The summed E-state index contributed by atoms with van der Waals surface area (Å²) in [5.74, 6) is -0.727. The number of nitrogens with one attached hydrogen (secondary N) is 1. The first-order valence-corrected chi connectivity index (χ1v) is 5.97. The number of benzene rings is 2. The van der Waals surface area contributed by atoms with Gasteiger partial charge in [0.1, 0.15) is 5.82 Å². The van der Waals surface area contributed by atoms with E-state index in [-0.39, 0.29) is 11.6 Å². The Balaban J connectivity index is 2.18. The van der Waals surface area contributed by atoms with Gasteiger partial charge in [-0.1, -0.05) is 15.9 Å². The van der Waals surface area contributed by atoms with E-state index in [1.165, 1.54) is 12.1 Å². The lowest BCUT2D eigenvalue weighted by Gasteiger charge is -2.08. The second kappa shape index (κ2) is 5.18. The summed E-state index contributed by atoms with van der Waals surface area (Å²) < 4.78 is 13.7. The van der Waals surface area contributed by atoms with Crippen molar-refractivity contribution in [1.29, 1.82) is 0 Å². The predicted molar refractivity (Wildman–Crippen MR) is 72.9 cm³/mol. The van der Waals surface area contributed by atoms with Gasteiger partial charge in [0, 0.05) is 10.0 Å². The van der Waals surface area contributed by atoms with E-state index in [9.17, 15) is 9.18 Å². The molecule has 3 nitrogen and oxygen atoms in total. The summed E-state index contributed by atoms with van der Waals surface area (Å²) in [4.78, 5) is 11.9. The van der Waals surface area contributed by atoms with Crippen LogP contribution in [0.5, 0.6) is 0 Å². The maximum absolute atomic E-state index is 12.9. The van der Waals surface area contributed by atoms with Gasteiger partial charge < -0.3 is 11.1 Å². The minimum atomic E-state index is -0.436. The highest BCUT2D eigenvalue weighted by atomic mass is 79.9. The molecule has 5 heteroatoms. The average Bonchev–Trinajstić information content (AvgIpc) is 2.33. The Morgan fingerprint density at radius 2 is 1.83 bits per heavy atom. The highest BCUT2D eigenvalue weighted by Gasteiger charge is 2.08. The molecule has 2 aromatic rings. The van der Waals surface area contributed by atoms with Crippen molar-refractivity contribution in [3.05, 3.63) is 58.3 Å². The molecule has 0 fully saturated rings. The molecular weight excluding hydrogens is 299 g/mol. The van der Waals surface area contributed by atoms with Gasteiger partial charge in [0.15, 0.2) is 0 Å². The molecule has 0 aliphatic carbocycles. The molecule has 2 aromatic carbocycles. The van der Waals surface area contributed by atoms with Crippen molar-refractivity contribution in [1.82, 2.24) is 0 Å². The molecule has 0 radical (unpaired) electrons. The van der Waals surface area contributed by atoms with Crippen molar-refractivity contribution in [3.8, 4) is 0 Å². The van der Waals surface area contributed by atoms with Crippen LogP contribution in [0.1, 0.15) is 10.4 Å². The number of halogens is 2. The zero-order valence-corrected chi connectivity index (χ0v) is 10.9. The molecule has 0 saturated carbocycles. The van der Waals surface area contributed by atoms with Gasteiger partial charge in [0.2, 0.25) is 0 Å². The van der Waals surface area contributed by atoms with Crippen LogP contribution in [0.25, 0.3) is 0 Å². The fourth-order valence-corrected chi connectivity index (χ4v) is 1.71. The Labute approximate surface area is 112 Å². The zero-order valence-electron chi connectivity index (χ0n) is 9.28. The normalized spacial score (nSPS) is 10.1. The van der Waals surface area contributed by atoms with E-state index in [0.717, 1.165) is 10.5 Å². The minimum absolute atomic E-state index is 0.195. The van der Waals surface area contributed by atoms with Crippen LogP contribution in [0.15, 0.2) is 46.9 Å². The van der Waals surface area contributed by atoms with Crippen LogP contribution in [-0.4, -0.2) is 5.91 Å². The predicted octanol–water partition coefficient (Wildman–Crippen LogP) is 3.42. The summed E-state index contributed by atoms with van der Waals surface area (Å²) in [6.07, 6.45) is 0. The number of amides is 1. The Bertz CT molecular complexity index is 584. The smallest absolute Gasteiger partial charge is 0.255 e. The topological polar surface area (TPSA) is 55.1 Å². The number of anilines is 2. The summed E-state index contributed by atoms with van der Waals surface area (Å²) in [5, 5.41) is 2.63. The third-order valence-corrected chi connectivity index (χ3v) is 2.90. The Morgan fingerprint density at radius 3 is 2.44 bits per heavy atom. The summed E-state index contributed by atoms with van der Waals surface area (Å²) in [7, 11) is 0. The quantitative estimate of drug-likeness (QED) is 0.835. The molecule has 0 aromatic heterocycles. The van der Waals surface area contributed by atoms with Gasteiger partial charge in [0.05, 0.1) is 11.4 Å². The molecule has 0 atom stereocenters. The molecular formula is C13H10BrFN2O. The lowest BCUT2D eigenvalue weighted by Crippen LogP contribution is -2.13. The van der Waals surface area contributed by atoms with E-state index in [4.69, 9.17) is 5.73 Å². The van der Waals surface area contributed by atoms with Gasteiger partial charge >= 0.3 is 0 Å². The second-order valence-corrected chi connectivity index (χ2v) is 4.61. The fraction of sp³-hybridized carbons (Fsp3) is 0. The molecule has 1 amide bonds. The number of carbonyl (C=O) groups excluding carboxylic acids is 1. The van der Waals surface area contributed by atoms with E-state index in [1.54, 1.807) is 24.3 Å². The third kappa shape index (κ3) is 2.87. The van der Waals surface area contributed by atoms with E-state index in [0.29, 0.717) is 11.3 Å². The maximum atomic E-state index is 12.9. The summed E-state index contributed by atoms with van der Waals surface area (Å²) >= 11 is 3.29. The van der Waals surface area contributed by atoms with Crippen LogP contribution < -0.4 is 11.1 Å². The first-order valence-electron chi connectivity index (χ1n) is 5.18. The van der Waals surface area contributed by atoms with Crippen LogP contribution in [0, 0.1) is 5.82 Å². The highest BCUT2D eigenvalue weighted by molar-refractivity contribution is 9.10. The van der Waals surface area contributed by atoms with Crippen molar-refractivity contribution in [2.75, 3.05) is 11.1 Å². The molecule has 0 unspecified atom stereocenters. The van der Waals surface area contributed by atoms with Crippen molar-refractivity contribution in [3.63, 3.8) is 0 Å². The van der Waals surface area contributed by atoms with E-state index in [1.807, 2.05) is 0 Å². The van der Waals surface area contributed by atoms with Crippen LogP contribution in [0.4, 0.5) is 15.8 Å². The van der Waals surface area contributed by atoms with Gasteiger partial charge in [0.25, 0.3) is 5.91 Å². The average molecular weight is 309 g/mol. The van der Waals surface area contributed by atoms with Crippen molar-refractivity contribution >= 4 is 33.2 Å². The van der Waals surface area contributed by atoms with Crippen LogP contribution >= 0.6 is 15.9 Å². The number of hydrogen-bond donors (Lipinski definition) is 2. The van der Waals surface area contributed by atoms with Gasteiger partial charge in [-0.25, -0.2) is 4.39 Å². The Morgan fingerprint density at radius 1 is 1.17 bits per heavy atom. The van der Waals surface area contributed by atoms with Crippen LogP contribution in [0.2, 0.25) is 0 Å². The van der Waals surface area contributed by atoms with E-state index in [2.05, 4.69) is 21.2 Å². The highest BCUT2D eigenvalue weighted by Crippen LogP contribution is 2.20. The maximum Gasteiger partial charge on any atom is 0.255 e. The summed E-state index contributed by atoms with van der Waals surface area (Å²) in [6, 6.07) is 10.7. The number of hydrogen-bond acceptors (Lipinski definition) is 2. The van der Waals surface area contributed by atoms with Gasteiger partial charge in [-0.15, -0.1) is 0 Å². The lowest BCUT2D eigenvalue weighted by atomic mass is 10.2. The summed E-state index contributed by atoms with van der Waals surface area (Å²) in [6.45, 7) is 0. The number of nitrogens with two attached hydrogens (primary N) is 1. The Hall–Kier alpha value is -1.88. The second-order valence-electron chi connectivity index (χ2n) is 3.69. The molecule has 0 spiro atoms.